The number of allylic oxidation sites excluding steroid dienone is 1. The molecule has 0 bridgehead atoms. The molecule has 0 aromatic rings. The quantitative estimate of drug-likeness (QED) is 0.551. The topological polar surface area (TPSA) is 57.5 Å². The van der Waals surface area contributed by atoms with Gasteiger partial charge in [-0.1, -0.05) is 25.7 Å². The van der Waals surface area contributed by atoms with E-state index in [1.165, 1.54) is 0 Å². The largest absolute Gasteiger partial charge is 0.396 e. The Morgan fingerprint density at radius 3 is 2.72 bits per heavy atom. The number of carbonyl (C=O) groups excluding carboxylic acids is 1. The van der Waals surface area contributed by atoms with Crippen LogP contribution in [0, 0.1) is 17.3 Å². The van der Waals surface area contributed by atoms with Crippen molar-refractivity contribution in [2.75, 3.05) is 6.61 Å². The Labute approximate surface area is 108 Å². The second kappa shape index (κ2) is 4.63. The fourth-order valence-corrected chi connectivity index (χ4v) is 3.32. The average Bonchev–Trinajstić information content (AvgIpc) is 2.38. The summed E-state index contributed by atoms with van der Waals surface area (Å²) in [5.41, 5.74) is 1.24. The monoisotopic (exact) mass is 250 g/mol. The van der Waals surface area contributed by atoms with Crippen molar-refractivity contribution in [2.45, 2.75) is 38.7 Å². The fourth-order valence-electron chi connectivity index (χ4n) is 3.32. The fraction of sp³-hybridized carbons (Fsp3) is 0.667. The SMILES string of the molecule is C=C1C(=O)C[C@@H]2[C@@H](C[C@@]2(C)CO)C(=C)CC[C@H]1O. The molecule has 0 aliphatic heterocycles. The molecule has 3 heteroatoms. The summed E-state index contributed by atoms with van der Waals surface area (Å²) in [6, 6.07) is 0. The van der Waals surface area contributed by atoms with Gasteiger partial charge >= 0.3 is 0 Å². The van der Waals surface area contributed by atoms with Crippen LogP contribution >= 0.6 is 0 Å². The van der Waals surface area contributed by atoms with Crippen LogP contribution in [0.4, 0.5) is 0 Å². The van der Waals surface area contributed by atoms with Crippen LogP contribution in [-0.4, -0.2) is 28.7 Å². The molecule has 0 spiro atoms. The first kappa shape index (κ1) is 13.5. The van der Waals surface area contributed by atoms with Gasteiger partial charge in [0.2, 0.25) is 0 Å². The van der Waals surface area contributed by atoms with Crippen LogP contribution in [0.1, 0.15) is 32.6 Å². The number of carbonyl (C=O) groups is 1. The zero-order valence-electron chi connectivity index (χ0n) is 11.0. The van der Waals surface area contributed by atoms with Crippen molar-refractivity contribution in [2.24, 2.45) is 17.3 Å². The number of aliphatic hydroxyl groups is 2. The molecule has 2 saturated carbocycles. The van der Waals surface area contributed by atoms with E-state index < -0.39 is 6.10 Å². The smallest absolute Gasteiger partial charge is 0.161 e. The van der Waals surface area contributed by atoms with Crippen molar-refractivity contribution in [3.05, 3.63) is 24.3 Å². The first-order chi connectivity index (χ1) is 8.39. The Hall–Kier alpha value is -0.930. The van der Waals surface area contributed by atoms with Crippen LogP contribution in [0.15, 0.2) is 24.3 Å². The van der Waals surface area contributed by atoms with Gasteiger partial charge in [-0.2, -0.15) is 0 Å². The van der Waals surface area contributed by atoms with E-state index in [1.54, 1.807) is 0 Å². The Balaban J connectivity index is 2.24. The minimum absolute atomic E-state index is 0.0634. The zero-order valence-corrected chi connectivity index (χ0v) is 11.0. The summed E-state index contributed by atoms with van der Waals surface area (Å²) in [5.74, 6) is 0.389. The molecule has 2 N–H and O–H groups in total. The van der Waals surface area contributed by atoms with E-state index in [1.807, 2.05) is 6.92 Å². The summed E-state index contributed by atoms with van der Waals surface area (Å²) in [7, 11) is 0. The summed E-state index contributed by atoms with van der Waals surface area (Å²) in [6.07, 6.45) is 1.78. The van der Waals surface area contributed by atoms with E-state index in [2.05, 4.69) is 13.2 Å². The van der Waals surface area contributed by atoms with Crippen molar-refractivity contribution in [1.29, 1.82) is 0 Å². The summed E-state index contributed by atoms with van der Waals surface area (Å²) < 4.78 is 0. The lowest BCUT2D eigenvalue weighted by atomic mass is 9.51. The molecular formula is C15H22O3. The van der Waals surface area contributed by atoms with Gasteiger partial charge in [0.15, 0.2) is 5.78 Å². The van der Waals surface area contributed by atoms with Crippen molar-refractivity contribution >= 4 is 5.78 Å². The molecule has 2 fully saturated rings. The predicted molar refractivity (Wildman–Crippen MR) is 69.9 cm³/mol. The molecule has 2 aliphatic rings. The maximum absolute atomic E-state index is 12.1. The Morgan fingerprint density at radius 1 is 1.44 bits per heavy atom. The number of hydrogen-bond acceptors (Lipinski definition) is 3. The lowest BCUT2D eigenvalue weighted by Crippen LogP contribution is -2.49. The minimum atomic E-state index is -0.743. The van der Waals surface area contributed by atoms with Crippen molar-refractivity contribution in [3.8, 4) is 0 Å². The second-order valence-corrected chi connectivity index (χ2v) is 6.09. The standard InChI is InChI=1S/C15H22O3/c1-9-4-5-13(17)10(2)14(18)6-12-11(9)7-15(12,3)8-16/h11-13,16-17H,1-2,4-8H2,3H3/t11-,12+,13+,15-/m0/s1. The van der Waals surface area contributed by atoms with E-state index in [-0.39, 0.29) is 23.7 Å². The van der Waals surface area contributed by atoms with Gasteiger partial charge < -0.3 is 10.2 Å². The molecule has 0 heterocycles. The van der Waals surface area contributed by atoms with Crippen molar-refractivity contribution in [1.82, 2.24) is 0 Å². The number of aliphatic hydroxyl groups excluding tert-OH is 2. The molecule has 0 aromatic carbocycles. The second-order valence-electron chi connectivity index (χ2n) is 6.09. The molecule has 2 rings (SSSR count). The maximum atomic E-state index is 12.1. The van der Waals surface area contributed by atoms with Crippen LogP contribution in [0.3, 0.4) is 0 Å². The third-order valence-electron chi connectivity index (χ3n) is 4.86. The van der Waals surface area contributed by atoms with E-state index >= 15 is 0 Å². The summed E-state index contributed by atoms with van der Waals surface area (Å²) in [5, 5.41) is 19.4. The maximum Gasteiger partial charge on any atom is 0.161 e. The predicted octanol–water partition coefficient (Wildman–Crippen LogP) is 1.85. The van der Waals surface area contributed by atoms with Crippen molar-refractivity contribution < 1.29 is 15.0 Å². The van der Waals surface area contributed by atoms with E-state index in [4.69, 9.17) is 0 Å². The Morgan fingerprint density at radius 2 is 2.11 bits per heavy atom. The van der Waals surface area contributed by atoms with Crippen LogP contribution < -0.4 is 0 Å². The molecule has 4 atom stereocenters. The normalized spacial score (nSPS) is 41.5. The third-order valence-corrected chi connectivity index (χ3v) is 4.86. The molecule has 3 nitrogen and oxygen atoms in total. The molecule has 2 aliphatic carbocycles. The van der Waals surface area contributed by atoms with Crippen molar-refractivity contribution in [3.63, 3.8) is 0 Å². The van der Waals surface area contributed by atoms with Crippen LogP contribution in [-0.2, 0) is 4.79 Å². The highest BCUT2D eigenvalue weighted by atomic mass is 16.3. The third kappa shape index (κ3) is 2.06. The molecule has 100 valence electrons. The highest BCUT2D eigenvalue weighted by Gasteiger charge is 2.51. The summed E-state index contributed by atoms with van der Waals surface area (Å²) >= 11 is 0. The van der Waals surface area contributed by atoms with Gasteiger partial charge in [0.05, 0.1) is 6.10 Å². The van der Waals surface area contributed by atoms with Gasteiger partial charge in [-0.15, -0.1) is 0 Å². The average molecular weight is 250 g/mol. The minimum Gasteiger partial charge on any atom is -0.396 e. The number of fused-ring (bicyclic) bond motifs is 1. The lowest BCUT2D eigenvalue weighted by molar-refractivity contribution is -0.123. The van der Waals surface area contributed by atoms with Crippen LogP contribution in [0.5, 0.6) is 0 Å². The first-order valence-corrected chi connectivity index (χ1v) is 6.57. The van der Waals surface area contributed by atoms with Gasteiger partial charge in [0, 0.05) is 18.6 Å². The zero-order chi connectivity index (χ0) is 13.5. The lowest BCUT2D eigenvalue weighted by Gasteiger charge is -2.53. The highest BCUT2D eigenvalue weighted by molar-refractivity contribution is 5.96. The van der Waals surface area contributed by atoms with Gasteiger partial charge in [-0.05, 0) is 36.5 Å². The summed E-state index contributed by atoms with van der Waals surface area (Å²) in [6.45, 7) is 9.92. The number of rotatable bonds is 1. The van der Waals surface area contributed by atoms with Crippen LogP contribution in [0.2, 0.25) is 0 Å². The van der Waals surface area contributed by atoms with E-state index in [0.717, 1.165) is 18.4 Å². The van der Waals surface area contributed by atoms with E-state index in [9.17, 15) is 15.0 Å². The highest BCUT2D eigenvalue weighted by Crippen LogP contribution is 2.56. The molecule has 0 amide bonds. The molecular weight excluding hydrogens is 228 g/mol. The molecule has 0 aromatic heterocycles. The Kier molecular flexibility index (Phi) is 3.47. The van der Waals surface area contributed by atoms with Gasteiger partial charge in [0.25, 0.3) is 0 Å². The first-order valence-electron chi connectivity index (χ1n) is 6.57. The number of hydrogen-bond donors (Lipinski definition) is 2. The molecule has 0 radical (unpaired) electrons. The van der Waals surface area contributed by atoms with Gasteiger partial charge in [0.1, 0.15) is 0 Å². The molecule has 0 unspecified atom stereocenters. The Bertz CT molecular complexity index is 399. The number of Topliss-reactive ketones (excluding diaryl/α,β-unsaturated/α-hetero) is 1. The van der Waals surface area contributed by atoms with Crippen LogP contribution in [0.25, 0.3) is 0 Å². The molecule has 0 saturated heterocycles. The number of ketones is 1. The van der Waals surface area contributed by atoms with Gasteiger partial charge in [-0.25, -0.2) is 0 Å². The van der Waals surface area contributed by atoms with E-state index in [0.29, 0.717) is 24.3 Å². The molecule has 18 heavy (non-hydrogen) atoms. The van der Waals surface area contributed by atoms with Gasteiger partial charge in [-0.3, -0.25) is 4.79 Å². The summed E-state index contributed by atoms with van der Waals surface area (Å²) in [4.78, 5) is 12.1.